The minimum absolute atomic E-state index is 0.593. The minimum atomic E-state index is 0.593. The Balaban J connectivity index is 1.92. The second-order valence-electron chi connectivity index (χ2n) is 6.30. The number of piperidine rings is 1. The van der Waals surface area contributed by atoms with Gasteiger partial charge in [0.15, 0.2) is 10.8 Å². The first-order valence-electron chi connectivity index (χ1n) is 8.12. The second-order valence-corrected chi connectivity index (χ2v) is 7.17. The Labute approximate surface area is 131 Å². The topological polar surface area (TPSA) is 32.6 Å². The molecule has 5 heteroatoms. The SMILES string of the molecule is CCCNCc1c(N2CC(C)CCC2C)nc2sccn12. The summed E-state index contributed by atoms with van der Waals surface area (Å²) in [7, 11) is 0. The number of imidazole rings is 1. The average molecular weight is 306 g/mol. The molecule has 3 rings (SSSR count). The summed E-state index contributed by atoms with van der Waals surface area (Å²) < 4.78 is 2.26. The molecule has 2 unspecified atom stereocenters. The van der Waals surface area contributed by atoms with Crippen LogP contribution in [0, 0.1) is 5.92 Å². The van der Waals surface area contributed by atoms with Gasteiger partial charge in [-0.3, -0.25) is 4.40 Å². The highest BCUT2D eigenvalue weighted by Gasteiger charge is 2.27. The third-order valence-corrected chi connectivity index (χ3v) is 5.21. The van der Waals surface area contributed by atoms with Crippen LogP contribution in [0.1, 0.15) is 45.7 Å². The van der Waals surface area contributed by atoms with Crippen molar-refractivity contribution in [3.8, 4) is 0 Å². The van der Waals surface area contributed by atoms with Gasteiger partial charge in [0, 0.05) is 30.7 Å². The van der Waals surface area contributed by atoms with Gasteiger partial charge in [-0.2, -0.15) is 0 Å². The fraction of sp³-hybridized carbons (Fsp3) is 0.688. The normalized spacial score (nSPS) is 23.1. The zero-order valence-electron chi connectivity index (χ0n) is 13.3. The van der Waals surface area contributed by atoms with Crippen LogP contribution in [0.2, 0.25) is 0 Å². The van der Waals surface area contributed by atoms with Gasteiger partial charge in [0.1, 0.15) is 0 Å². The quantitative estimate of drug-likeness (QED) is 0.858. The molecule has 1 aliphatic rings. The van der Waals surface area contributed by atoms with Crippen molar-refractivity contribution in [3.05, 3.63) is 17.3 Å². The van der Waals surface area contributed by atoms with Crippen LogP contribution < -0.4 is 10.2 Å². The summed E-state index contributed by atoms with van der Waals surface area (Å²) >= 11 is 1.72. The molecular weight excluding hydrogens is 280 g/mol. The van der Waals surface area contributed by atoms with Gasteiger partial charge < -0.3 is 10.2 Å². The van der Waals surface area contributed by atoms with E-state index in [4.69, 9.17) is 4.98 Å². The van der Waals surface area contributed by atoms with Gasteiger partial charge in [-0.1, -0.05) is 13.8 Å². The van der Waals surface area contributed by atoms with E-state index in [9.17, 15) is 0 Å². The highest BCUT2D eigenvalue weighted by molar-refractivity contribution is 7.15. The van der Waals surface area contributed by atoms with Crippen molar-refractivity contribution < 1.29 is 0 Å². The van der Waals surface area contributed by atoms with E-state index in [0.717, 1.165) is 36.9 Å². The molecule has 0 bridgehead atoms. The summed E-state index contributed by atoms with van der Waals surface area (Å²) in [5.74, 6) is 1.96. The molecule has 2 aromatic rings. The van der Waals surface area contributed by atoms with E-state index >= 15 is 0 Å². The number of nitrogens with zero attached hydrogens (tertiary/aromatic N) is 3. The number of hydrogen-bond donors (Lipinski definition) is 1. The Morgan fingerprint density at radius 3 is 3.05 bits per heavy atom. The first-order valence-corrected chi connectivity index (χ1v) is 9.00. The molecule has 0 saturated carbocycles. The summed E-state index contributed by atoms with van der Waals surface area (Å²) in [6.45, 7) is 9.99. The van der Waals surface area contributed by atoms with Gasteiger partial charge in [0.25, 0.3) is 0 Å². The molecule has 0 aromatic carbocycles. The molecule has 2 atom stereocenters. The number of aromatic nitrogens is 2. The largest absolute Gasteiger partial charge is 0.352 e. The molecule has 0 spiro atoms. The molecule has 21 heavy (non-hydrogen) atoms. The van der Waals surface area contributed by atoms with Crippen molar-refractivity contribution in [1.82, 2.24) is 14.7 Å². The predicted octanol–water partition coefficient (Wildman–Crippen LogP) is 3.52. The van der Waals surface area contributed by atoms with E-state index in [2.05, 4.69) is 47.0 Å². The lowest BCUT2D eigenvalue weighted by atomic mass is 9.95. The van der Waals surface area contributed by atoms with Crippen molar-refractivity contribution in [2.24, 2.45) is 5.92 Å². The summed E-state index contributed by atoms with van der Waals surface area (Å²) in [4.78, 5) is 8.57. The highest BCUT2D eigenvalue weighted by Crippen LogP contribution is 2.31. The number of thiazole rings is 1. The van der Waals surface area contributed by atoms with Crippen molar-refractivity contribution in [2.75, 3.05) is 18.0 Å². The lowest BCUT2D eigenvalue weighted by Crippen LogP contribution is -2.42. The van der Waals surface area contributed by atoms with Gasteiger partial charge in [0.05, 0.1) is 5.69 Å². The zero-order chi connectivity index (χ0) is 14.8. The molecule has 4 nitrogen and oxygen atoms in total. The van der Waals surface area contributed by atoms with E-state index in [1.165, 1.54) is 24.4 Å². The van der Waals surface area contributed by atoms with Gasteiger partial charge in [-0.05, 0) is 38.6 Å². The Morgan fingerprint density at radius 2 is 2.24 bits per heavy atom. The minimum Gasteiger partial charge on any atom is -0.352 e. The average Bonchev–Trinajstić information content (AvgIpc) is 3.04. The van der Waals surface area contributed by atoms with Gasteiger partial charge in [-0.25, -0.2) is 4.98 Å². The van der Waals surface area contributed by atoms with Gasteiger partial charge in [0.2, 0.25) is 0 Å². The number of anilines is 1. The van der Waals surface area contributed by atoms with Crippen LogP contribution in [0.25, 0.3) is 4.96 Å². The number of nitrogens with one attached hydrogen (secondary N) is 1. The molecule has 0 radical (unpaired) electrons. The smallest absolute Gasteiger partial charge is 0.195 e. The first-order chi connectivity index (χ1) is 10.2. The third kappa shape index (κ3) is 2.94. The Morgan fingerprint density at radius 1 is 1.38 bits per heavy atom. The molecule has 3 heterocycles. The lowest BCUT2D eigenvalue weighted by molar-refractivity contribution is 0.387. The number of rotatable bonds is 5. The summed E-state index contributed by atoms with van der Waals surface area (Å²) in [5.41, 5.74) is 1.32. The summed E-state index contributed by atoms with van der Waals surface area (Å²) in [6, 6.07) is 0.593. The highest BCUT2D eigenvalue weighted by atomic mass is 32.1. The van der Waals surface area contributed by atoms with E-state index in [1.54, 1.807) is 11.3 Å². The van der Waals surface area contributed by atoms with E-state index in [-0.39, 0.29) is 0 Å². The van der Waals surface area contributed by atoms with Crippen molar-refractivity contribution in [2.45, 2.75) is 52.6 Å². The molecule has 1 N–H and O–H groups in total. The van der Waals surface area contributed by atoms with Crippen molar-refractivity contribution in [1.29, 1.82) is 0 Å². The fourth-order valence-electron chi connectivity index (χ4n) is 3.18. The molecule has 1 aliphatic heterocycles. The predicted molar refractivity (Wildman–Crippen MR) is 90.3 cm³/mol. The Bertz CT molecular complexity index is 588. The van der Waals surface area contributed by atoms with Crippen LogP contribution in [-0.4, -0.2) is 28.5 Å². The van der Waals surface area contributed by atoms with Crippen LogP contribution in [0.15, 0.2) is 11.6 Å². The van der Waals surface area contributed by atoms with Crippen LogP contribution in [0.3, 0.4) is 0 Å². The van der Waals surface area contributed by atoms with Crippen LogP contribution in [-0.2, 0) is 6.54 Å². The number of hydrogen-bond acceptors (Lipinski definition) is 4. The molecule has 0 aliphatic carbocycles. The van der Waals surface area contributed by atoms with Crippen LogP contribution in [0.5, 0.6) is 0 Å². The van der Waals surface area contributed by atoms with Crippen LogP contribution >= 0.6 is 11.3 Å². The Hall–Kier alpha value is -1.07. The molecule has 1 saturated heterocycles. The lowest BCUT2D eigenvalue weighted by Gasteiger charge is -2.37. The maximum absolute atomic E-state index is 4.93. The first kappa shape index (κ1) is 14.9. The van der Waals surface area contributed by atoms with E-state index in [0.29, 0.717) is 6.04 Å². The van der Waals surface area contributed by atoms with E-state index in [1.807, 2.05) is 0 Å². The molecule has 2 aromatic heterocycles. The molecule has 0 amide bonds. The zero-order valence-corrected chi connectivity index (χ0v) is 14.1. The maximum Gasteiger partial charge on any atom is 0.195 e. The standard InChI is InChI=1S/C16H26N4S/c1-4-7-17-10-14-15(18-16-19(14)8-9-21-16)20-11-12(2)5-6-13(20)3/h8-9,12-13,17H,4-7,10-11H2,1-3H3. The number of fused-ring (bicyclic) bond motifs is 1. The summed E-state index contributed by atoms with van der Waals surface area (Å²) in [6.07, 6.45) is 5.92. The molecule has 116 valence electrons. The third-order valence-electron chi connectivity index (χ3n) is 4.45. The Kier molecular flexibility index (Phi) is 4.50. The fourth-order valence-corrected chi connectivity index (χ4v) is 3.91. The second kappa shape index (κ2) is 6.36. The van der Waals surface area contributed by atoms with E-state index < -0.39 is 0 Å². The summed E-state index contributed by atoms with van der Waals surface area (Å²) in [5, 5.41) is 5.66. The molecular formula is C16H26N4S. The monoisotopic (exact) mass is 306 g/mol. The van der Waals surface area contributed by atoms with Crippen molar-refractivity contribution in [3.63, 3.8) is 0 Å². The molecule has 1 fully saturated rings. The van der Waals surface area contributed by atoms with Crippen LogP contribution in [0.4, 0.5) is 5.82 Å². The van der Waals surface area contributed by atoms with Crippen molar-refractivity contribution >= 4 is 22.1 Å². The van der Waals surface area contributed by atoms with Gasteiger partial charge in [-0.15, -0.1) is 11.3 Å². The van der Waals surface area contributed by atoms with Gasteiger partial charge >= 0.3 is 0 Å². The maximum atomic E-state index is 4.93.